The fraction of sp³-hybridized carbons (Fsp3) is 0.188. The van der Waals surface area contributed by atoms with Crippen LogP contribution in [0.2, 0.25) is 0 Å². The van der Waals surface area contributed by atoms with Gasteiger partial charge in [-0.15, -0.1) is 11.6 Å². The van der Waals surface area contributed by atoms with E-state index >= 15 is 0 Å². The van der Waals surface area contributed by atoms with Crippen LogP contribution in [0.5, 0.6) is 0 Å². The van der Waals surface area contributed by atoms with Gasteiger partial charge in [-0.05, 0) is 37.6 Å². The maximum absolute atomic E-state index is 13.3. The predicted molar refractivity (Wildman–Crippen MR) is 80.1 cm³/mol. The molecule has 0 aliphatic rings. The third kappa shape index (κ3) is 2.08. The molecule has 0 saturated heterocycles. The lowest BCUT2D eigenvalue weighted by molar-refractivity contribution is 0.629. The molecule has 102 valence electrons. The molecular weight excluding hydrogens is 275 g/mol. The van der Waals surface area contributed by atoms with Crippen LogP contribution in [0.3, 0.4) is 0 Å². The highest BCUT2D eigenvalue weighted by Crippen LogP contribution is 2.25. The SMILES string of the molecule is Cc1ccc(-n2c(CCl)nc3cc(F)ccc32)c(C)c1. The first-order valence-electron chi connectivity index (χ1n) is 6.40. The van der Waals surface area contributed by atoms with Crippen molar-refractivity contribution in [3.05, 3.63) is 59.2 Å². The van der Waals surface area contributed by atoms with Crippen molar-refractivity contribution in [1.29, 1.82) is 0 Å². The third-order valence-electron chi connectivity index (χ3n) is 3.40. The summed E-state index contributed by atoms with van der Waals surface area (Å²) >= 11 is 6.00. The van der Waals surface area contributed by atoms with Crippen LogP contribution in [0, 0.1) is 19.7 Å². The number of aromatic nitrogens is 2. The molecule has 4 heteroatoms. The Hall–Kier alpha value is -1.87. The Morgan fingerprint density at radius 3 is 2.65 bits per heavy atom. The lowest BCUT2D eigenvalue weighted by Crippen LogP contribution is -2.01. The first kappa shape index (κ1) is 13.1. The fourth-order valence-corrected chi connectivity index (χ4v) is 2.70. The molecular formula is C16H14ClFN2. The van der Waals surface area contributed by atoms with Crippen LogP contribution in [0.4, 0.5) is 4.39 Å². The van der Waals surface area contributed by atoms with Gasteiger partial charge >= 0.3 is 0 Å². The summed E-state index contributed by atoms with van der Waals surface area (Å²) in [4.78, 5) is 4.42. The zero-order valence-corrected chi connectivity index (χ0v) is 12.1. The molecule has 0 spiro atoms. The minimum Gasteiger partial charge on any atom is -0.295 e. The minimum atomic E-state index is -0.288. The second-order valence-corrected chi connectivity index (χ2v) is 5.19. The summed E-state index contributed by atoms with van der Waals surface area (Å²) in [5.41, 5.74) is 4.86. The Kier molecular flexibility index (Phi) is 3.22. The topological polar surface area (TPSA) is 17.8 Å². The largest absolute Gasteiger partial charge is 0.295 e. The van der Waals surface area contributed by atoms with E-state index in [-0.39, 0.29) is 11.7 Å². The summed E-state index contributed by atoms with van der Waals surface area (Å²) < 4.78 is 15.3. The van der Waals surface area contributed by atoms with Crippen molar-refractivity contribution in [2.75, 3.05) is 0 Å². The molecule has 3 aromatic rings. The lowest BCUT2D eigenvalue weighted by atomic mass is 10.1. The highest BCUT2D eigenvalue weighted by atomic mass is 35.5. The van der Waals surface area contributed by atoms with Gasteiger partial charge in [0.1, 0.15) is 11.6 Å². The average Bonchev–Trinajstić information content (AvgIpc) is 2.76. The summed E-state index contributed by atoms with van der Waals surface area (Å²) in [7, 11) is 0. The van der Waals surface area contributed by atoms with E-state index in [1.54, 1.807) is 6.07 Å². The molecule has 0 amide bonds. The van der Waals surface area contributed by atoms with Crippen molar-refractivity contribution in [3.63, 3.8) is 0 Å². The van der Waals surface area contributed by atoms with Gasteiger partial charge < -0.3 is 0 Å². The number of hydrogen-bond donors (Lipinski definition) is 0. The van der Waals surface area contributed by atoms with Crippen molar-refractivity contribution in [3.8, 4) is 5.69 Å². The molecule has 1 heterocycles. The van der Waals surface area contributed by atoms with Crippen LogP contribution < -0.4 is 0 Å². The van der Waals surface area contributed by atoms with Crippen LogP contribution in [0.1, 0.15) is 17.0 Å². The van der Waals surface area contributed by atoms with Crippen molar-refractivity contribution in [2.45, 2.75) is 19.7 Å². The van der Waals surface area contributed by atoms with E-state index in [4.69, 9.17) is 11.6 Å². The highest BCUT2D eigenvalue weighted by Gasteiger charge is 2.13. The smallest absolute Gasteiger partial charge is 0.129 e. The Balaban J connectivity index is 2.34. The third-order valence-corrected chi connectivity index (χ3v) is 3.64. The molecule has 0 aliphatic carbocycles. The Bertz CT molecular complexity index is 793. The molecule has 1 aromatic heterocycles. The van der Waals surface area contributed by atoms with Gasteiger partial charge in [0, 0.05) is 6.07 Å². The Morgan fingerprint density at radius 1 is 1.15 bits per heavy atom. The van der Waals surface area contributed by atoms with E-state index in [2.05, 4.69) is 31.0 Å². The van der Waals surface area contributed by atoms with E-state index < -0.39 is 0 Å². The second-order valence-electron chi connectivity index (χ2n) is 4.92. The molecule has 0 aliphatic heterocycles. The van der Waals surface area contributed by atoms with Crippen LogP contribution in [0.15, 0.2) is 36.4 Å². The Labute approximate surface area is 121 Å². The van der Waals surface area contributed by atoms with Gasteiger partial charge in [0.2, 0.25) is 0 Å². The van der Waals surface area contributed by atoms with Gasteiger partial charge in [0.05, 0.1) is 22.6 Å². The van der Waals surface area contributed by atoms with Crippen LogP contribution in [0.25, 0.3) is 16.7 Å². The van der Waals surface area contributed by atoms with Crippen molar-refractivity contribution in [2.24, 2.45) is 0 Å². The molecule has 2 nitrogen and oxygen atoms in total. The second kappa shape index (κ2) is 4.91. The van der Waals surface area contributed by atoms with E-state index in [0.717, 1.165) is 22.6 Å². The molecule has 2 aromatic carbocycles. The maximum Gasteiger partial charge on any atom is 0.129 e. The number of rotatable bonds is 2. The molecule has 20 heavy (non-hydrogen) atoms. The molecule has 0 radical (unpaired) electrons. The minimum absolute atomic E-state index is 0.281. The highest BCUT2D eigenvalue weighted by molar-refractivity contribution is 6.17. The van der Waals surface area contributed by atoms with Gasteiger partial charge in [0.15, 0.2) is 0 Å². The van der Waals surface area contributed by atoms with Crippen molar-refractivity contribution in [1.82, 2.24) is 9.55 Å². The zero-order valence-electron chi connectivity index (χ0n) is 11.3. The number of imidazole rings is 1. The molecule has 0 atom stereocenters. The monoisotopic (exact) mass is 288 g/mol. The van der Waals surface area contributed by atoms with E-state index in [9.17, 15) is 4.39 Å². The predicted octanol–water partition coefficient (Wildman–Crippen LogP) is 4.52. The fourth-order valence-electron chi connectivity index (χ4n) is 2.52. The number of halogens is 2. The van der Waals surface area contributed by atoms with Gasteiger partial charge in [-0.1, -0.05) is 17.7 Å². The lowest BCUT2D eigenvalue weighted by Gasteiger charge is -2.11. The average molecular weight is 289 g/mol. The first-order chi connectivity index (χ1) is 9.60. The first-order valence-corrected chi connectivity index (χ1v) is 6.94. The number of nitrogens with zero attached hydrogens (tertiary/aromatic N) is 2. The van der Waals surface area contributed by atoms with Gasteiger partial charge in [-0.25, -0.2) is 9.37 Å². The maximum atomic E-state index is 13.3. The normalized spacial score (nSPS) is 11.2. The number of benzene rings is 2. The molecule has 0 N–H and O–H groups in total. The number of hydrogen-bond acceptors (Lipinski definition) is 1. The summed E-state index contributed by atoms with van der Waals surface area (Å²) in [5, 5.41) is 0. The Morgan fingerprint density at radius 2 is 1.95 bits per heavy atom. The number of aryl methyl sites for hydroxylation is 2. The van der Waals surface area contributed by atoms with Gasteiger partial charge in [-0.2, -0.15) is 0 Å². The summed E-state index contributed by atoms with van der Waals surface area (Å²) in [6, 6.07) is 10.8. The molecule has 0 bridgehead atoms. The van der Waals surface area contributed by atoms with Crippen LogP contribution >= 0.6 is 11.6 Å². The molecule has 0 fully saturated rings. The summed E-state index contributed by atoms with van der Waals surface area (Å²) in [5.74, 6) is 0.715. The van der Waals surface area contributed by atoms with Crippen molar-refractivity contribution >= 4 is 22.6 Å². The molecule has 0 unspecified atom stereocenters. The van der Waals surface area contributed by atoms with E-state index in [0.29, 0.717) is 5.52 Å². The quantitative estimate of drug-likeness (QED) is 0.634. The zero-order chi connectivity index (χ0) is 14.3. The van der Waals surface area contributed by atoms with Crippen LogP contribution in [-0.4, -0.2) is 9.55 Å². The standard InChI is InChI=1S/C16H14ClFN2/c1-10-3-5-14(11(2)7-10)20-15-6-4-12(18)8-13(15)19-16(20)9-17/h3-8H,9H2,1-2H3. The van der Waals surface area contributed by atoms with Gasteiger partial charge in [-0.3, -0.25) is 4.57 Å². The summed E-state index contributed by atoms with van der Waals surface area (Å²) in [6.07, 6.45) is 0. The van der Waals surface area contributed by atoms with E-state index in [1.807, 2.05) is 10.6 Å². The van der Waals surface area contributed by atoms with Gasteiger partial charge in [0.25, 0.3) is 0 Å². The molecule has 0 saturated carbocycles. The number of alkyl halides is 1. The summed E-state index contributed by atoms with van der Waals surface area (Å²) in [6.45, 7) is 4.11. The van der Waals surface area contributed by atoms with Crippen molar-refractivity contribution < 1.29 is 4.39 Å². The van der Waals surface area contributed by atoms with E-state index in [1.165, 1.54) is 17.7 Å². The van der Waals surface area contributed by atoms with Crippen LogP contribution in [-0.2, 0) is 5.88 Å². The number of fused-ring (bicyclic) bond motifs is 1. The molecule has 3 rings (SSSR count).